The van der Waals surface area contributed by atoms with Gasteiger partial charge in [-0.3, -0.25) is 0 Å². The van der Waals surface area contributed by atoms with E-state index in [0.717, 1.165) is 22.2 Å². The lowest BCUT2D eigenvalue weighted by Gasteiger charge is -2.13. The molecular weight excluding hydrogens is 350 g/mol. The van der Waals surface area contributed by atoms with Gasteiger partial charge in [-0.25, -0.2) is 4.98 Å². The van der Waals surface area contributed by atoms with E-state index in [1.807, 2.05) is 72.8 Å². The number of ether oxygens (including phenoxy) is 3. The van der Waals surface area contributed by atoms with Gasteiger partial charge in [0.2, 0.25) is 0 Å². The van der Waals surface area contributed by atoms with Gasteiger partial charge in [0.15, 0.2) is 11.5 Å². The first-order valence-electron chi connectivity index (χ1n) is 9.05. The number of hydrogen-bond acceptors (Lipinski definition) is 4. The van der Waals surface area contributed by atoms with Crippen molar-refractivity contribution >= 4 is 10.9 Å². The van der Waals surface area contributed by atoms with Crippen LogP contribution in [0.2, 0.25) is 0 Å². The lowest BCUT2D eigenvalue weighted by Crippen LogP contribution is -2.00. The quantitative estimate of drug-likeness (QED) is 0.448. The van der Waals surface area contributed by atoms with Crippen molar-refractivity contribution in [1.82, 2.24) is 4.98 Å². The zero-order valence-electron chi connectivity index (χ0n) is 15.6. The van der Waals surface area contributed by atoms with E-state index in [2.05, 4.69) is 17.1 Å². The number of benzene rings is 3. The lowest BCUT2D eigenvalue weighted by molar-refractivity contribution is 0.277. The molecule has 0 saturated heterocycles. The third-order valence-electron chi connectivity index (χ3n) is 4.34. The van der Waals surface area contributed by atoms with E-state index in [0.29, 0.717) is 30.5 Å². The van der Waals surface area contributed by atoms with Gasteiger partial charge < -0.3 is 14.2 Å². The molecule has 0 unspecified atom stereocenters. The Kier molecular flexibility index (Phi) is 5.38. The van der Waals surface area contributed by atoms with Gasteiger partial charge in [-0.1, -0.05) is 42.5 Å². The normalized spacial score (nSPS) is 10.6. The lowest BCUT2D eigenvalue weighted by atomic mass is 10.2. The number of hydrogen-bond donors (Lipinski definition) is 0. The number of nitrogens with zero attached hydrogens (tertiary/aromatic N) is 1. The van der Waals surface area contributed by atoms with Crippen molar-refractivity contribution in [3.8, 4) is 17.2 Å². The summed E-state index contributed by atoms with van der Waals surface area (Å²) in [5.74, 6) is 2.00. The fourth-order valence-corrected chi connectivity index (χ4v) is 2.88. The maximum Gasteiger partial charge on any atom is 0.164 e. The molecule has 0 amide bonds. The highest BCUT2D eigenvalue weighted by atomic mass is 16.5. The van der Waals surface area contributed by atoms with E-state index < -0.39 is 0 Å². The van der Waals surface area contributed by atoms with Gasteiger partial charge in [0, 0.05) is 11.5 Å². The van der Waals surface area contributed by atoms with Crippen LogP contribution in [0, 0.1) is 6.07 Å². The fraction of sp³-hybridized carbons (Fsp3) is 0.125. The maximum atomic E-state index is 5.90. The van der Waals surface area contributed by atoms with Crippen LogP contribution in [0.5, 0.6) is 17.2 Å². The van der Waals surface area contributed by atoms with Crippen LogP contribution < -0.4 is 14.2 Å². The molecule has 4 nitrogen and oxygen atoms in total. The largest absolute Gasteiger partial charge is 0.493 e. The second-order valence-electron chi connectivity index (χ2n) is 6.30. The van der Waals surface area contributed by atoms with E-state index in [9.17, 15) is 0 Å². The molecule has 0 aliphatic heterocycles. The zero-order chi connectivity index (χ0) is 19.2. The van der Waals surface area contributed by atoms with Gasteiger partial charge in [-0.2, -0.15) is 0 Å². The minimum atomic E-state index is 0.383. The molecule has 0 spiro atoms. The molecule has 0 atom stereocenters. The van der Waals surface area contributed by atoms with Crippen LogP contribution in [0.1, 0.15) is 11.3 Å². The molecule has 28 heavy (non-hydrogen) atoms. The van der Waals surface area contributed by atoms with Crippen molar-refractivity contribution in [3.05, 3.63) is 96.2 Å². The third kappa shape index (κ3) is 4.23. The van der Waals surface area contributed by atoms with E-state index in [1.54, 1.807) is 7.11 Å². The van der Waals surface area contributed by atoms with Crippen LogP contribution in [-0.2, 0) is 13.2 Å². The molecule has 3 aromatic carbocycles. The Bertz CT molecular complexity index is 1060. The predicted octanol–water partition coefficient (Wildman–Crippen LogP) is 5.20. The molecule has 4 rings (SSSR count). The first-order valence-corrected chi connectivity index (χ1v) is 9.05. The molecule has 139 valence electrons. The minimum Gasteiger partial charge on any atom is -0.493 e. The Morgan fingerprint density at radius 1 is 0.857 bits per heavy atom. The van der Waals surface area contributed by atoms with Crippen LogP contribution in [0.3, 0.4) is 0 Å². The molecular formula is C24H20NO3. The molecule has 4 aromatic rings. The number of para-hydroxylation sites is 1. The van der Waals surface area contributed by atoms with E-state index >= 15 is 0 Å². The Hall–Kier alpha value is -3.53. The van der Waals surface area contributed by atoms with Gasteiger partial charge in [0.1, 0.15) is 19.0 Å². The predicted molar refractivity (Wildman–Crippen MR) is 109 cm³/mol. The summed E-state index contributed by atoms with van der Waals surface area (Å²) in [7, 11) is 1.62. The second-order valence-corrected chi connectivity index (χ2v) is 6.30. The first-order chi connectivity index (χ1) is 13.8. The SMILES string of the molecule is COc1cc(OCc2ccc3ccccc3n2)ccc1OCc1c[c]ccc1. The van der Waals surface area contributed by atoms with Gasteiger partial charge in [-0.05, 0) is 42.0 Å². The van der Waals surface area contributed by atoms with Gasteiger partial charge >= 0.3 is 0 Å². The third-order valence-corrected chi connectivity index (χ3v) is 4.34. The molecule has 1 aromatic heterocycles. The fourth-order valence-electron chi connectivity index (χ4n) is 2.88. The molecule has 0 aliphatic rings. The highest BCUT2D eigenvalue weighted by Gasteiger charge is 2.08. The monoisotopic (exact) mass is 370 g/mol. The van der Waals surface area contributed by atoms with E-state index in [4.69, 9.17) is 14.2 Å². The van der Waals surface area contributed by atoms with Crippen molar-refractivity contribution in [2.75, 3.05) is 7.11 Å². The molecule has 0 bridgehead atoms. The molecule has 1 heterocycles. The number of rotatable bonds is 7. The molecule has 1 radical (unpaired) electrons. The smallest absolute Gasteiger partial charge is 0.164 e. The van der Waals surface area contributed by atoms with Crippen molar-refractivity contribution in [2.45, 2.75) is 13.2 Å². The van der Waals surface area contributed by atoms with E-state index in [-0.39, 0.29) is 0 Å². The summed E-state index contributed by atoms with van der Waals surface area (Å²) in [6, 6.07) is 28.4. The maximum absolute atomic E-state index is 5.90. The highest BCUT2D eigenvalue weighted by molar-refractivity contribution is 5.78. The zero-order valence-corrected chi connectivity index (χ0v) is 15.6. The van der Waals surface area contributed by atoms with Crippen LogP contribution in [0.4, 0.5) is 0 Å². The second kappa shape index (κ2) is 8.44. The summed E-state index contributed by atoms with van der Waals surface area (Å²) >= 11 is 0. The Morgan fingerprint density at radius 2 is 1.79 bits per heavy atom. The van der Waals surface area contributed by atoms with Crippen LogP contribution in [-0.4, -0.2) is 12.1 Å². The molecule has 0 saturated carbocycles. The number of aromatic nitrogens is 1. The topological polar surface area (TPSA) is 40.6 Å². The molecule has 0 fully saturated rings. The molecule has 0 aliphatic carbocycles. The standard InChI is InChI=1S/C24H20NO3/c1-26-24-15-21(13-14-23(24)28-16-18-7-3-2-4-8-18)27-17-20-12-11-19-9-5-6-10-22(19)25-20/h2-3,5-15H,16-17H2,1H3. The summed E-state index contributed by atoms with van der Waals surface area (Å²) < 4.78 is 17.2. The van der Waals surface area contributed by atoms with Crippen molar-refractivity contribution in [1.29, 1.82) is 0 Å². The van der Waals surface area contributed by atoms with Crippen LogP contribution >= 0.6 is 0 Å². The van der Waals surface area contributed by atoms with Crippen molar-refractivity contribution in [3.63, 3.8) is 0 Å². The van der Waals surface area contributed by atoms with Crippen LogP contribution in [0.15, 0.2) is 78.9 Å². The van der Waals surface area contributed by atoms with Gasteiger partial charge in [0.25, 0.3) is 0 Å². The van der Waals surface area contributed by atoms with Gasteiger partial charge in [-0.15, -0.1) is 0 Å². The molecule has 4 heteroatoms. The number of pyridine rings is 1. The van der Waals surface area contributed by atoms with Crippen molar-refractivity contribution in [2.24, 2.45) is 0 Å². The summed E-state index contributed by atoms with van der Waals surface area (Å²) in [5, 5.41) is 1.12. The van der Waals surface area contributed by atoms with Crippen molar-refractivity contribution < 1.29 is 14.2 Å². The summed E-state index contributed by atoms with van der Waals surface area (Å²) in [4.78, 5) is 4.63. The average Bonchev–Trinajstić information content (AvgIpc) is 2.77. The number of fused-ring (bicyclic) bond motifs is 1. The summed E-state index contributed by atoms with van der Waals surface area (Å²) in [6.45, 7) is 0.836. The Labute approximate surface area is 164 Å². The Balaban J connectivity index is 1.43. The summed E-state index contributed by atoms with van der Waals surface area (Å²) in [5.41, 5.74) is 2.88. The minimum absolute atomic E-state index is 0.383. The van der Waals surface area contributed by atoms with Gasteiger partial charge in [0.05, 0.1) is 18.3 Å². The van der Waals surface area contributed by atoms with E-state index in [1.165, 1.54) is 0 Å². The van der Waals surface area contributed by atoms with Crippen LogP contribution in [0.25, 0.3) is 10.9 Å². The first kappa shape index (κ1) is 17.9. The highest BCUT2D eigenvalue weighted by Crippen LogP contribution is 2.32. The average molecular weight is 370 g/mol. The Morgan fingerprint density at radius 3 is 2.64 bits per heavy atom. The summed E-state index contributed by atoms with van der Waals surface area (Å²) in [6.07, 6.45) is 0. The number of methoxy groups -OCH3 is 1. The molecule has 0 N–H and O–H groups in total.